The summed E-state index contributed by atoms with van der Waals surface area (Å²) in [7, 11) is 0. The molecule has 130 valence electrons. The molecule has 2 saturated heterocycles. The van der Waals surface area contributed by atoms with Crippen LogP contribution in [0.3, 0.4) is 0 Å². The molecule has 4 nitrogen and oxygen atoms in total. The minimum absolute atomic E-state index is 0.139. The first-order valence-electron chi connectivity index (χ1n) is 8.74. The maximum absolute atomic E-state index is 12.8. The lowest BCUT2D eigenvalue weighted by Gasteiger charge is -2.35. The summed E-state index contributed by atoms with van der Waals surface area (Å²) in [6.07, 6.45) is 4.74. The normalized spacial score (nSPS) is 23.3. The number of morpholine rings is 1. The fourth-order valence-corrected chi connectivity index (χ4v) is 4.24. The van der Waals surface area contributed by atoms with Crippen LogP contribution < -0.4 is 0 Å². The molecule has 1 atom stereocenters. The summed E-state index contributed by atoms with van der Waals surface area (Å²) in [5, 5.41) is 0. The molecular formula is C19H26N2O2S. The van der Waals surface area contributed by atoms with Crippen LogP contribution in [0, 0.1) is 0 Å². The fourth-order valence-electron chi connectivity index (χ4n) is 3.18. The maximum Gasteiger partial charge on any atom is 0.246 e. The Kier molecular flexibility index (Phi) is 6.75. The lowest BCUT2D eigenvalue weighted by Crippen LogP contribution is -2.50. The highest BCUT2D eigenvalue weighted by Crippen LogP contribution is 2.18. The van der Waals surface area contributed by atoms with Gasteiger partial charge in [0.1, 0.15) is 0 Å². The molecule has 3 rings (SSSR count). The standard InChI is InChI=1S/C19H26N2O2S/c22-19(8-7-17-5-2-1-3-6-17)21-9-4-14-24-16-18(21)15-20-10-12-23-13-11-20/h1-3,5-8,18H,4,9-16H2/b8-7+. The number of hydrogen-bond donors (Lipinski definition) is 0. The average molecular weight is 346 g/mol. The van der Waals surface area contributed by atoms with Crippen molar-refractivity contribution >= 4 is 23.7 Å². The van der Waals surface area contributed by atoms with Crippen molar-refractivity contribution in [1.29, 1.82) is 0 Å². The Labute approximate surface area is 148 Å². The second kappa shape index (κ2) is 9.25. The van der Waals surface area contributed by atoms with E-state index < -0.39 is 0 Å². The number of carbonyl (C=O) groups is 1. The number of nitrogens with zero attached hydrogens (tertiary/aromatic N) is 2. The number of ether oxygens (including phenoxy) is 1. The van der Waals surface area contributed by atoms with Crippen molar-refractivity contribution in [3.63, 3.8) is 0 Å². The van der Waals surface area contributed by atoms with Gasteiger partial charge in [0.05, 0.1) is 19.3 Å². The van der Waals surface area contributed by atoms with E-state index in [1.807, 2.05) is 48.2 Å². The van der Waals surface area contributed by atoms with Crippen LogP contribution in [-0.2, 0) is 9.53 Å². The highest BCUT2D eigenvalue weighted by molar-refractivity contribution is 7.99. The van der Waals surface area contributed by atoms with Crippen molar-refractivity contribution in [3.05, 3.63) is 42.0 Å². The van der Waals surface area contributed by atoms with E-state index in [1.54, 1.807) is 6.08 Å². The third-order valence-corrected chi connectivity index (χ3v) is 5.71. The lowest BCUT2D eigenvalue weighted by atomic mass is 10.2. The van der Waals surface area contributed by atoms with E-state index in [0.717, 1.165) is 62.9 Å². The highest BCUT2D eigenvalue weighted by Gasteiger charge is 2.26. The summed E-state index contributed by atoms with van der Waals surface area (Å²) in [5.41, 5.74) is 1.07. The van der Waals surface area contributed by atoms with Gasteiger partial charge in [-0.05, 0) is 23.8 Å². The number of carbonyl (C=O) groups excluding carboxylic acids is 1. The highest BCUT2D eigenvalue weighted by atomic mass is 32.2. The molecule has 0 aliphatic carbocycles. The lowest BCUT2D eigenvalue weighted by molar-refractivity contribution is -0.128. The van der Waals surface area contributed by atoms with Gasteiger partial charge in [0.25, 0.3) is 0 Å². The molecule has 0 N–H and O–H groups in total. The van der Waals surface area contributed by atoms with Crippen LogP contribution >= 0.6 is 11.8 Å². The Morgan fingerprint density at radius 3 is 2.79 bits per heavy atom. The first-order chi connectivity index (χ1) is 11.8. The van der Waals surface area contributed by atoms with E-state index in [4.69, 9.17) is 4.74 Å². The second-order valence-corrected chi connectivity index (χ2v) is 7.42. The third kappa shape index (κ3) is 5.10. The molecule has 1 amide bonds. The van der Waals surface area contributed by atoms with Gasteiger partial charge >= 0.3 is 0 Å². The van der Waals surface area contributed by atoms with Gasteiger partial charge in [-0.2, -0.15) is 11.8 Å². The number of amides is 1. The van der Waals surface area contributed by atoms with E-state index in [9.17, 15) is 4.79 Å². The van der Waals surface area contributed by atoms with Crippen LogP contribution in [0.15, 0.2) is 36.4 Å². The van der Waals surface area contributed by atoms with Crippen LogP contribution in [-0.4, -0.2) is 72.6 Å². The van der Waals surface area contributed by atoms with Crippen LogP contribution in [0.4, 0.5) is 0 Å². The number of hydrogen-bond acceptors (Lipinski definition) is 4. The third-order valence-electron chi connectivity index (χ3n) is 4.51. The maximum atomic E-state index is 12.8. The molecule has 1 unspecified atom stereocenters. The van der Waals surface area contributed by atoms with Gasteiger partial charge in [0.15, 0.2) is 0 Å². The van der Waals surface area contributed by atoms with E-state index in [-0.39, 0.29) is 5.91 Å². The largest absolute Gasteiger partial charge is 0.379 e. The predicted octanol–water partition coefficient (Wildman–Crippen LogP) is 2.37. The summed E-state index contributed by atoms with van der Waals surface area (Å²) >= 11 is 1.97. The molecule has 2 heterocycles. The average Bonchev–Trinajstić information content (AvgIpc) is 2.87. The summed E-state index contributed by atoms with van der Waals surface area (Å²) in [6, 6.07) is 10.3. The summed E-state index contributed by atoms with van der Waals surface area (Å²) in [6.45, 7) is 5.39. The molecule has 0 saturated carbocycles. The van der Waals surface area contributed by atoms with Crippen molar-refractivity contribution in [2.24, 2.45) is 0 Å². The molecule has 1 aromatic carbocycles. The zero-order valence-corrected chi connectivity index (χ0v) is 14.9. The van der Waals surface area contributed by atoms with Crippen molar-refractivity contribution in [1.82, 2.24) is 9.80 Å². The summed E-state index contributed by atoms with van der Waals surface area (Å²) in [4.78, 5) is 17.3. The van der Waals surface area contributed by atoms with E-state index in [0.29, 0.717) is 6.04 Å². The zero-order chi connectivity index (χ0) is 16.6. The zero-order valence-electron chi connectivity index (χ0n) is 14.1. The second-order valence-electron chi connectivity index (χ2n) is 6.27. The van der Waals surface area contributed by atoms with Crippen LogP contribution in [0.5, 0.6) is 0 Å². The molecule has 1 aromatic rings. The van der Waals surface area contributed by atoms with Crippen molar-refractivity contribution < 1.29 is 9.53 Å². The van der Waals surface area contributed by atoms with Gasteiger partial charge in [-0.15, -0.1) is 0 Å². The number of thioether (sulfide) groups is 1. The van der Waals surface area contributed by atoms with Crippen LogP contribution in [0.25, 0.3) is 6.08 Å². The molecule has 24 heavy (non-hydrogen) atoms. The quantitative estimate of drug-likeness (QED) is 0.784. The minimum Gasteiger partial charge on any atom is -0.379 e. The molecule has 2 fully saturated rings. The Balaban J connectivity index is 1.64. The van der Waals surface area contributed by atoms with Crippen molar-refractivity contribution in [3.8, 4) is 0 Å². The minimum atomic E-state index is 0.139. The molecule has 0 aromatic heterocycles. The Bertz CT molecular complexity index is 544. The van der Waals surface area contributed by atoms with E-state index >= 15 is 0 Å². The number of rotatable bonds is 4. The predicted molar refractivity (Wildman–Crippen MR) is 100 cm³/mol. The SMILES string of the molecule is O=C(/C=C/c1ccccc1)N1CCCSCC1CN1CCOCC1. The van der Waals surface area contributed by atoms with Gasteiger partial charge in [-0.3, -0.25) is 9.69 Å². The van der Waals surface area contributed by atoms with Crippen molar-refractivity contribution in [2.45, 2.75) is 12.5 Å². The Morgan fingerprint density at radius 1 is 1.21 bits per heavy atom. The van der Waals surface area contributed by atoms with E-state index in [2.05, 4.69) is 9.80 Å². The summed E-state index contributed by atoms with van der Waals surface area (Å²) in [5.74, 6) is 2.31. The fraction of sp³-hybridized carbons (Fsp3) is 0.526. The van der Waals surface area contributed by atoms with Crippen molar-refractivity contribution in [2.75, 3.05) is 50.9 Å². The molecule has 0 spiro atoms. The van der Waals surface area contributed by atoms with Gasteiger partial charge in [0.2, 0.25) is 5.91 Å². The van der Waals surface area contributed by atoms with Crippen LogP contribution in [0.2, 0.25) is 0 Å². The Morgan fingerprint density at radius 2 is 2.00 bits per heavy atom. The van der Waals surface area contributed by atoms with Gasteiger partial charge in [-0.1, -0.05) is 30.3 Å². The first kappa shape index (κ1) is 17.5. The monoisotopic (exact) mass is 346 g/mol. The molecule has 0 radical (unpaired) electrons. The van der Waals surface area contributed by atoms with Gasteiger partial charge in [0, 0.05) is 38.0 Å². The van der Waals surface area contributed by atoms with E-state index in [1.165, 1.54) is 0 Å². The molecule has 2 aliphatic rings. The molecular weight excluding hydrogens is 320 g/mol. The Hall–Kier alpha value is -1.30. The van der Waals surface area contributed by atoms with Crippen LogP contribution in [0.1, 0.15) is 12.0 Å². The molecule has 2 aliphatic heterocycles. The smallest absolute Gasteiger partial charge is 0.246 e. The molecule has 5 heteroatoms. The molecule has 0 bridgehead atoms. The topological polar surface area (TPSA) is 32.8 Å². The number of benzene rings is 1. The van der Waals surface area contributed by atoms with Gasteiger partial charge < -0.3 is 9.64 Å². The first-order valence-corrected chi connectivity index (χ1v) is 9.90. The van der Waals surface area contributed by atoms with Gasteiger partial charge in [-0.25, -0.2) is 0 Å². The summed E-state index contributed by atoms with van der Waals surface area (Å²) < 4.78 is 5.44.